The number of anilines is 1. The summed E-state index contributed by atoms with van der Waals surface area (Å²) in [6.45, 7) is 4.51. The first-order chi connectivity index (χ1) is 9.47. The average molecular weight is 275 g/mol. The van der Waals surface area contributed by atoms with E-state index in [0.717, 1.165) is 11.3 Å². The van der Waals surface area contributed by atoms with Gasteiger partial charge in [-0.3, -0.25) is 9.59 Å². The van der Waals surface area contributed by atoms with E-state index < -0.39 is 0 Å². The first kappa shape index (κ1) is 14.5. The van der Waals surface area contributed by atoms with Crippen LogP contribution in [-0.2, 0) is 11.2 Å². The van der Waals surface area contributed by atoms with Crippen LogP contribution in [0.1, 0.15) is 36.2 Å². The van der Waals surface area contributed by atoms with Gasteiger partial charge in [-0.05, 0) is 36.1 Å². The first-order valence-electron chi connectivity index (χ1n) is 6.94. The number of hydrogen-bond acceptors (Lipinski definition) is 3. The number of fused-ring (bicyclic) bond motifs is 1. The highest BCUT2D eigenvalue weighted by Crippen LogP contribution is 2.23. The van der Waals surface area contributed by atoms with Crippen molar-refractivity contribution in [2.75, 3.05) is 11.9 Å². The fourth-order valence-electron chi connectivity index (χ4n) is 2.07. The summed E-state index contributed by atoms with van der Waals surface area (Å²) in [5.74, 6) is 0.229. The molecule has 0 fully saturated rings. The van der Waals surface area contributed by atoms with Crippen molar-refractivity contribution in [3.05, 3.63) is 29.3 Å². The van der Waals surface area contributed by atoms with Gasteiger partial charge in [0.2, 0.25) is 5.91 Å². The lowest BCUT2D eigenvalue weighted by molar-refractivity contribution is -0.116. The Hall–Kier alpha value is -1.88. The standard InChI is InChI=1S/C15H21N3O2/c1-9(2)12(16)8-17-15(20)11-3-5-13-10(7-11)4-6-14(19)18-13/h3,5,7,9,12H,4,6,8,16H2,1-2H3,(H,17,20)(H,18,19). The minimum atomic E-state index is -0.124. The molecule has 20 heavy (non-hydrogen) atoms. The number of amides is 2. The summed E-state index contributed by atoms with van der Waals surface area (Å²) < 4.78 is 0. The zero-order valence-corrected chi connectivity index (χ0v) is 11.9. The summed E-state index contributed by atoms with van der Waals surface area (Å²) >= 11 is 0. The molecule has 1 heterocycles. The van der Waals surface area contributed by atoms with Gasteiger partial charge in [-0.15, -0.1) is 0 Å². The summed E-state index contributed by atoms with van der Waals surface area (Å²) in [6.07, 6.45) is 1.14. The van der Waals surface area contributed by atoms with E-state index in [9.17, 15) is 9.59 Å². The van der Waals surface area contributed by atoms with Crippen LogP contribution in [0.15, 0.2) is 18.2 Å². The highest BCUT2D eigenvalue weighted by molar-refractivity contribution is 5.97. The van der Waals surface area contributed by atoms with Crippen molar-refractivity contribution in [2.45, 2.75) is 32.7 Å². The van der Waals surface area contributed by atoms with Gasteiger partial charge in [-0.2, -0.15) is 0 Å². The fourth-order valence-corrected chi connectivity index (χ4v) is 2.07. The molecule has 108 valence electrons. The van der Waals surface area contributed by atoms with Crippen molar-refractivity contribution in [1.29, 1.82) is 0 Å². The van der Waals surface area contributed by atoms with Crippen molar-refractivity contribution >= 4 is 17.5 Å². The van der Waals surface area contributed by atoms with E-state index in [-0.39, 0.29) is 17.9 Å². The second-order valence-corrected chi connectivity index (χ2v) is 5.54. The molecule has 1 unspecified atom stereocenters. The number of carbonyl (C=O) groups excluding carboxylic acids is 2. The maximum atomic E-state index is 12.1. The molecule has 0 saturated carbocycles. The molecule has 1 aromatic rings. The van der Waals surface area contributed by atoms with Crippen molar-refractivity contribution < 1.29 is 9.59 Å². The largest absolute Gasteiger partial charge is 0.350 e. The number of carbonyl (C=O) groups is 2. The van der Waals surface area contributed by atoms with Gasteiger partial charge in [0.1, 0.15) is 0 Å². The van der Waals surface area contributed by atoms with Crippen molar-refractivity contribution in [3.63, 3.8) is 0 Å². The number of nitrogens with two attached hydrogens (primary N) is 1. The lowest BCUT2D eigenvalue weighted by atomic mass is 10.00. The number of benzene rings is 1. The molecule has 1 aliphatic heterocycles. The van der Waals surface area contributed by atoms with Crippen molar-refractivity contribution in [3.8, 4) is 0 Å². The third-order valence-electron chi connectivity index (χ3n) is 3.62. The SMILES string of the molecule is CC(C)C(N)CNC(=O)c1ccc2c(c1)CCC(=O)N2. The molecular formula is C15H21N3O2. The number of nitrogens with one attached hydrogen (secondary N) is 2. The minimum Gasteiger partial charge on any atom is -0.350 e. The zero-order valence-electron chi connectivity index (χ0n) is 11.9. The van der Waals surface area contributed by atoms with Gasteiger partial charge in [0.25, 0.3) is 5.91 Å². The molecule has 2 amide bonds. The van der Waals surface area contributed by atoms with Crippen LogP contribution >= 0.6 is 0 Å². The van der Waals surface area contributed by atoms with E-state index in [4.69, 9.17) is 5.73 Å². The second-order valence-electron chi connectivity index (χ2n) is 5.54. The van der Waals surface area contributed by atoms with Crippen LogP contribution in [0.2, 0.25) is 0 Å². The lowest BCUT2D eigenvalue weighted by Crippen LogP contribution is -2.40. The number of hydrogen-bond donors (Lipinski definition) is 3. The van der Waals surface area contributed by atoms with E-state index in [1.807, 2.05) is 19.9 Å². The monoisotopic (exact) mass is 275 g/mol. The van der Waals surface area contributed by atoms with Crippen LogP contribution in [-0.4, -0.2) is 24.4 Å². The minimum absolute atomic E-state index is 0.0256. The predicted molar refractivity (Wildman–Crippen MR) is 78.5 cm³/mol. The fraction of sp³-hybridized carbons (Fsp3) is 0.467. The summed E-state index contributed by atoms with van der Waals surface area (Å²) in [7, 11) is 0. The van der Waals surface area contributed by atoms with Crippen LogP contribution in [0.5, 0.6) is 0 Å². The zero-order chi connectivity index (χ0) is 14.7. The van der Waals surface area contributed by atoms with Gasteiger partial charge in [0.05, 0.1) is 0 Å². The molecule has 0 radical (unpaired) electrons. The molecule has 0 aromatic heterocycles. The van der Waals surface area contributed by atoms with Crippen LogP contribution in [0.3, 0.4) is 0 Å². The molecule has 2 rings (SSSR count). The van der Waals surface area contributed by atoms with Crippen LogP contribution in [0.25, 0.3) is 0 Å². The van der Waals surface area contributed by atoms with Gasteiger partial charge in [0, 0.05) is 30.3 Å². The summed E-state index contributed by atoms with van der Waals surface area (Å²) in [5, 5.41) is 5.64. The Morgan fingerprint density at radius 2 is 2.15 bits per heavy atom. The van der Waals surface area contributed by atoms with Crippen molar-refractivity contribution in [1.82, 2.24) is 5.32 Å². The molecule has 0 saturated heterocycles. The Morgan fingerprint density at radius 1 is 1.40 bits per heavy atom. The summed E-state index contributed by atoms with van der Waals surface area (Å²) in [6, 6.07) is 5.30. The van der Waals surface area contributed by atoms with Gasteiger partial charge < -0.3 is 16.4 Å². The molecule has 0 aliphatic carbocycles. The molecule has 4 N–H and O–H groups in total. The Bertz CT molecular complexity index is 526. The topological polar surface area (TPSA) is 84.2 Å². The third kappa shape index (κ3) is 3.36. The van der Waals surface area contributed by atoms with Crippen LogP contribution in [0.4, 0.5) is 5.69 Å². The predicted octanol–water partition coefficient (Wildman–Crippen LogP) is 1.28. The molecule has 1 atom stereocenters. The van der Waals surface area contributed by atoms with Crippen LogP contribution < -0.4 is 16.4 Å². The number of rotatable bonds is 4. The average Bonchev–Trinajstić information content (AvgIpc) is 2.43. The maximum Gasteiger partial charge on any atom is 0.251 e. The Morgan fingerprint density at radius 3 is 2.85 bits per heavy atom. The smallest absolute Gasteiger partial charge is 0.251 e. The van der Waals surface area contributed by atoms with Gasteiger partial charge in [-0.1, -0.05) is 13.8 Å². The van der Waals surface area contributed by atoms with Crippen LogP contribution in [0, 0.1) is 5.92 Å². The van der Waals surface area contributed by atoms with Crippen molar-refractivity contribution in [2.24, 2.45) is 11.7 Å². The quantitative estimate of drug-likeness (QED) is 0.774. The Labute approximate surface area is 118 Å². The van der Waals surface area contributed by atoms with Gasteiger partial charge >= 0.3 is 0 Å². The maximum absolute atomic E-state index is 12.1. The van der Waals surface area contributed by atoms with E-state index in [0.29, 0.717) is 30.9 Å². The Kier molecular flexibility index (Phi) is 4.39. The van der Waals surface area contributed by atoms with E-state index in [1.165, 1.54) is 0 Å². The molecule has 0 bridgehead atoms. The van der Waals surface area contributed by atoms with Gasteiger partial charge in [0.15, 0.2) is 0 Å². The molecule has 0 spiro atoms. The molecule has 5 heteroatoms. The van der Waals surface area contributed by atoms with E-state index >= 15 is 0 Å². The van der Waals surface area contributed by atoms with E-state index in [1.54, 1.807) is 12.1 Å². The lowest BCUT2D eigenvalue weighted by Gasteiger charge is -2.18. The summed E-state index contributed by atoms with van der Waals surface area (Å²) in [4.78, 5) is 23.3. The molecule has 1 aliphatic rings. The normalized spacial score (nSPS) is 15.5. The first-order valence-corrected chi connectivity index (χ1v) is 6.94. The molecule has 5 nitrogen and oxygen atoms in total. The van der Waals surface area contributed by atoms with E-state index in [2.05, 4.69) is 10.6 Å². The highest BCUT2D eigenvalue weighted by atomic mass is 16.2. The molecular weight excluding hydrogens is 254 g/mol. The number of aryl methyl sites for hydroxylation is 1. The molecule has 1 aromatic carbocycles. The van der Waals surface area contributed by atoms with Gasteiger partial charge in [-0.25, -0.2) is 0 Å². The Balaban J connectivity index is 2.02. The highest BCUT2D eigenvalue weighted by Gasteiger charge is 2.17. The summed E-state index contributed by atoms with van der Waals surface area (Å²) in [5.41, 5.74) is 8.32. The second kappa shape index (κ2) is 6.05. The third-order valence-corrected chi connectivity index (χ3v) is 3.62.